The third kappa shape index (κ3) is 4.59. The lowest BCUT2D eigenvalue weighted by atomic mass is 10.2. The number of halogens is 3. The van der Waals surface area contributed by atoms with Gasteiger partial charge in [0.15, 0.2) is 0 Å². The molecule has 0 aliphatic carbocycles. The highest BCUT2D eigenvalue weighted by Crippen LogP contribution is 2.27. The van der Waals surface area contributed by atoms with Crippen LogP contribution in [0, 0.1) is 5.82 Å². The van der Waals surface area contributed by atoms with Crippen LogP contribution in [0.4, 0.5) is 18.9 Å². The number of benzene rings is 1. The lowest BCUT2D eigenvalue weighted by Crippen LogP contribution is -2.36. The number of fused-ring (bicyclic) bond motifs is 2. The predicted molar refractivity (Wildman–Crippen MR) is 140 cm³/mol. The molecule has 0 saturated carbocycles. The lowest BCUT2D eigenvalue weighted by Gasteiger charge is -2.16. The van der Waals surface area contributed by atoms with Gasteiger partial charge in [-0.1, -0.05) is 12.1 Å². The number of anilines is 1. The van der Waals surface area contributed by atoms with Crippen LogP contribution in [0.2, 0.25) is 0 Å². The zero-order valence-corrected chi connectivity index (χ0v) is 21.0. The SMILES string of the molecule is O=C(NCc1cc2cnccc2n1C(F)F)[C@@H]1CCc2ncc(NCc3cnn(-c4ccccc4F)c3)c(=O)n21. The van der Waals surface area contributed by atoms with Crippen molar-refractivity contribution in [2.45, 2.75) is 38.5 Å². The van der Waals surface area contributed by atoms with Crippen LogP contribution >= 0.6 is 0 Å². The molecule has 0 bridgehead atoms. The van der Waals surface area contributed by atoms with E-state index in [1.54, 1.807) is 36.7 Å². The number of rotatable bonds is 8. The van der Waals surface area contributed by atoms with Crippen LogP contribution in [0.3, 0.4) is 0 Å². The van der Waals surface area contributed by atoms with E-state index in [0.717, 1.165) is 4.57 Å². The van der Waals surface area contributed by atoms with Gasteiger partial charge in [0, 0.05) is 48.2 Å². The first-order valence-electron chi connectivity index (χ1n) is 12.5. The first kappa shape index (κ1) is 25.3. The van der Waals surface area contributed by atoms with Gasteiger partial charge in [-0.25, -0.2) is 14.1 Å². The summed E-state index contributed by atoms with van der Waals surface area (Å²) in [4.78, 5) is 34.7. The molecule has 0 radical (unpaired) electrons. The Morgan fingerprint density at radius 3 is 2.80 bits per heavy atom. The Hall–Kier alpha value is -4.94. The number of carbonyl (C=O) groups is 1. The number of para-hydroxylation sites is 1. The van der Waals surface area contributed by atoms with E-state index in [1.807, 2.05) is 0 Å². The summed E-state index contributed by atoms with van der Waals surface area (Å²) in [6.07, 6.45) is 8.32. The number of aryl methyl sites for hydroxylation is 1. The molecule has 1 amide bonds. The van der Waals surface area contributed by atoms with Crippen LogP contribution in [-0.4, -0.2) is 34.8 Å². The Balaban J connectivity index is 1.16. The zero-order chi connectivity index (χ0) is 27.8. The normalized spacial score (nSPS) is 14.6. The lowest BCUT2D eigenvalue weighted by molar-refractivity contribution is -0.124. The van der Waals surface area contributed by atoms with Crippen molar-refractivity contribution in [3.05, 3.63) is 101 Å². The molecule has 1 atom stereocenters. The molecular weight excluding hydrogens is 525 g/mol. The minimum Gasteiger partial charge on any atom is -0.375 e. The monoisotopic (exact) mass is 548 g/mol. The molecule has 1 aliphatic rings. The van der Waals surface area contributed by atoms with E-state index >= 15 is 0 Å². The van der Waals surface area contributed by atoms with E-state index in [0.29, 0.717) is 40.8 Å². The fourth-order valence-corrected chi connectivity index (χ4v) is 4.99. The second-order valence-corrected chi connectivity index (χ2v) is 9.35. The van der Waals surface area contributed by atoms with Crippen molar-refractivity contribution >= 4 is 22.5 Å². The van der Waals surface area contributed by atoms with Crippen molar-refractivity contribution in [1.82, 2.24) is 34.2 Å². The number of hydrogen-bond donors (Lipinski definition) is 2. The highest BCUT2D eigenvalue weighted by Gasteiger charge is 2.31. The second kappa shape index (κ2) is 10.3. The summed E-state index contributed by atoms with van der Waals surface area (Å²) < 4.78 is 45.2. The molecule has 5 heterocycles. The molecule has 10 nitrogen and oxygen atoms in total. The van der Waals surface area contributed by atoms with Crippen molar-refractivity contribution in [2.75, 3.05) is 5.32 Å². The molecule has 1 aromatic carbocycles. The van der Waals surface area contributed by atoms with Gasteiger partial charge in [-0.05, 0) is 30.7 Å². The smallest absolute Gasteiger partial charge is 0.319 e. The van der Waals surface area contributed by atoms with E-state index in [2.05, 4.69) is 25.7 Å². The first-order chi connectivity index (χ1) is 19.4. The number of aromatic nitrogens is 6. The second-order valence-electron chi connectivity index (χ2n) is 9.35. The number of hydrogen-bond acceptors (Lipinski definition) is 6. The van der Waals surface area contributed by atoms with Gasteiger partial charge < -0.3 is 10.6 Å². The third-order valence-electron chi connectivity index (χ3n) is 6.90. The Labute approximate surface area is 225 Å². The Kier molecular flexibility index (Phi) is 6.54. The fourth-order valence-electron chi connectivity index (χ4n) is 4.99. The average Bonchev–Trinajstić information content (AvgIpc) is 3.68. The van der Waals surface area contributed by atoms with Gasteiger partial charge in [0.05, 0.1) is 24.5 Å². The maximum absolute atomic E-state index is 14.1. The molecule has 6 rings (SSSR count). The Bertz CT molecular complexity index is 1780. The highest BCUT2D eigenvalue weighted by molar-refractivity contribution is 5.82. The molecule has 204 valence electrons. The average molecular weight is 549 g/mol. The minimum atomic E-state index is -2.79. The number of pyridine rings is 1. The third-order valence-corrected chi connectivity index (χ3v) is 6.90. The van der Waals surface area contributed by atoms with Crippen LogP contribution in [0.25, 0.3) is 16.6 Å². The van der Waals surface area contributed by atoms with Gasteiger partial charge in [0.25, 0.3) is 5.56 Å². The molecule has 2 N–H and O–H groups in total. The summed E-state index contributed by atoms with van der Waals surface area (Å²) in [6, 6.07) is 8.46. The molecule has 4 aromatic heterocycles. The predicted octanol–water partition coefficient (Wildman–Crippen LogP) is 3.73. The van der Waals surface area contributed by atoms with Gasteiger partial charge >= 0.3 is 6.55 Å². The summed E-state index contributed by atoms with van der Waals surface area (Å²) in [6.45, 7) is -2.72. The summed E-state index contributed by atoms with van der Waals surface area (Å²) in [5.74, 6) is -0.408. The van der Waals surface area contributed by atoms with Gasteiger partial charge in [-0.3, -0.25) is 23.7 Å². The van der Waals surface area contributed by atoms with Crippen molar-refractivity contribution in [1.29, 1.82) is 0 Å². The molecule has 0 spiro atoms. The standard InChI is InChI=1S/C27H23F3N8O2/c28-19-3-1-2-4-22(19)36-15-16(11-35-36)10-32-20-14-33-24-6-5-23(38(24)26(20)40)25(39)34-13-18-9-17-12-31-8-7-21(17)37(18)27(29)30/h1-4,7-9,11-12,14-15,23,27,32H,5-6,10,13H2,(H,34,39)/t23-/m0/s1. The van der Waals surface area contributed by atoms with Crippen molar-refractivity contribution in [3.63, 3.8) is 0 Å². The fraction of sp³-hybridized carbons (Fsp3) is 0.222. The molecule has 5 aromatic rings. The van der Waals surface area contributed by atoms with E-state index < -0.39 is 29.9 Å². The molecular formula is C27H23F3N8O2. The van der Waals surface area contributed by atoms with Crippen LogP contribution < -0.4 is 16.2 Å². The van der Waals surface area contributed by atoms with E-state index in [1.165, 1.54) is 40.0 Å². The number of carbonyl (C=O) groups excluding carboxylic acids is 1. The van der Waals surface area contributed by atoms with Gasteiger partial charge in [0.2, 0.25) is 5.91 Å². The Morgan fingerprint density at radius 1 is 1.12 bits per heavy atom. The summed E-state index contributed by atoms with van der Waals surface area (Å²) in [5.41, 5.74) is 1.31. The molecule has 0 unspecified atom stereocenters. The summed E-state index contributed by atoms with van der Waals surface area (Å²) in [5, 5.41) is 10.4. The number of nitrogens with zero attached hydrogens (tertiary/aromatic N) is 6. The van der Waals surface area contributed by atoms with Gasteiger partial charge in [-0.2, -0.15) is 13.9 Å². The van der Waals surface area contributed by atoms with Crippen LogP contribution in [0.1, 0.15) is 36.1 Å². The van der Waals surface area contributed by atoms with Crippen LogP contribution in [0.5, 0.6) is 0 Å². The van der Waals surface area contributed by atoms with Crippen LogP contribution in [-0.2, 0) is 24.3 Å². The molecule has 0 fully saturated rings. The maximum Gasteiger partial charge on any atom is 0.319 e. The topological polar surface area (TPSA) is 112 Å². The largest absolute Gasteiger partial charge is 0.375 e. The van der Waals surface area contributed by atoms with Crippen molar-refractivity contribution in [3.8, 4) is 5.69 Å². The number of nitrogens with one attached hydrogen (secondary N) is 2. The molecule has 1 aliphatic heterocycles. The van der Waals surface area contributed by atoms with Gasteiger partial charge in [0.1, 0.15) is 29.1 Å². The summed E-state index contributed by atoms with van der Waals surface area (Å²) in [7, 11) is 0. The molecule has 0 saturated heterocycles. The molecule has 40 heavy (non-hydrogen) atoms. The van der Waals surface area contributed by atoms with Crippen LogP contribution in [0.15, 0.2) is 72.2 Å². The van der Waals surface area contributed by atoms with E-state index in [9.17, 15) is 22.8 Å². The molecule has 13 heteroatoms. The quantitative estimate of drug-likeness (QED) is 0.306. The maximum atomic E-state index is 14.1. The van der Waals surface area contributed by atoms with Crippen molar-refractivity contribution in [2.24, 2.45) is 0 Å². The minimum absolute atomic E-state index is 0.143. The number of amides is 1. The zero-order valence-electron chi connectivity index (χ0n) is 21.0. The van der Waals surface area contributed by atoms with Crippen molar-refractivity contribution < 1.29 is 18.0 Å². The van der Waals surface area contributed by atoms with E-state index in [4.69, 9.17) is 0 Å². The highest BCUT2D eigenvalue weighted by atomic mass is 19.3. The summed E-state index contributed by atoms with van der Waals surface area (Å²) >= 11 is 0. The Morgan fingerprint density at radius 2 is 1.98 bits per heavy atom. The van der Waals surface area contributed by atoms with E-state index in [-0.39, 0.29) is 24.5 Å². The number of alkyl halides is 2. The van der Waals surface area contributed by atoms with Gasteiger partial charge in [-0.15, -0.1) is 0 Å². The first-order valence-corrected chi connectivity index (χ1v) is 12.5.